The Morgan fingerprint density at radius 1 is 1.18 bits per heavy atom. The minimum Gasteiger partial charge on any atom is -0.464 e. The molecule has 3 nitrogen and oxygen atoms in total. The molecule has 0 aromatic heterocycles. The third kappa shape index (κ3) is 4.84. The smallest absolute Gasteiger partial charge is 0.313 e. The predicted molar refractivity (Wildman–Crippen MR) is 89.9 cm³/mol. The molecular formula is C19H29NO2. The maximum Gasteiger partial charge on any atom is 0.313 e. The average Bonchev–Trinajstić information content (AvgIpc) is 2.57. The van der Waals surface area contributed by atoms with E-state index in [9.17, 15) is 4.79 Å². The largest absolute Gasteiger partial charge is 0.464 e. The van der Waals surface area contributed by atoms with Crippen LogP contribution in [0.4, 0.5) is 0 Å². The first-order valence-electron chi connectivity index (χ1n) is 8.66. The molecule has 1 fully saturated rings. The molecule has 0 spiro atoms. The first-order chi connectivity index (χ1) is 10.7. The van der Waals surface area contributed by atoms with Crippen molar-refractivity contribution in [1.29, 1.82) is 0 Å². The quantitative estimate of drug-likeness (QED) is 0.717. The molecule has 1 aromatic rings. The second-order valence-electron chi connectivity index (χ2n) is 6.34. The monoisotopic (exact) mass is 303 g/mol. The standard InChI is InChI=1S/C19H29NO2/c1-3-16(2)18(17-10-6-4-7-11-17)19(21)22-15-14-20-12-8-5-9-13-20/h4,6-7,10-11,16,18H,3,5,8-9,12-15H2,1-2H3. The van der Waals surface area contributed by atoms with Gasteiger partial charge in [0, 0.05) is 6.54 Å². The van der Waals surface area contributed by atoms with Crippen LogP contribution in [0.25, 0.3) is 0 Å². The maximum absolute atomic E-state index is 12.5. The molecule has 0 aliphatic carbocycles. The van der Waals surface area contributed by atoms with Crippen molar-refractivity contribution in [2.24, 2.45) is 5.92 Å². The van der Waals surface area contributed by atoms with Crippen LogP contribution in [0.3, 0.4) is 0 Å². The van der Waals surface area contributed by atoms with Crippen LogP contribution < -0.4 is 0 Å². The van der Waals surface area contributed by atoms with E-state index in [-0.39, 0.29) is 11.9 Å². The molecule has 122 valence electrons. The summed E-state index contributed by atoms with van der Waals surface area (Å²) >= 11 is 0. The van der Waals surface area contributed by atoms with Crippen molar-refractivity contribution in [2.45, 2.75) is 45.4 Å². The zero-order valence-electron chi connectivity index (χ0n) is 14.0. The van der Waals surface area contributed by atoms with Gasteiger partial charge >= 0.3 is 5.97 Å². The summed E-state index contributed by atoms with van der Waals surface area (Å²) < 4.78 is 5.60. The van der Waals surface area contributed by atoms with Crippen LogP contribution in [0.5, 0.6) is 0 Å². The Labute approximate surface area is 134 Å². The highest BCUT2D eigenvalue weighted by atomic mass is 16.5. The lowest BCUT2D eigenvalue weighted by Crippen LogP contribution is -2.34. The second kappa shape index (κ2) is 8.94. The Bertz CT molecular complexity index is 440. The Hall–Kier alpha value is -1.35. The van der Waals surface area contributed by atoms with Crippen molar-refractivity contribution >= 4 is 5.97 Å². The van der Waals surface area contributed by atoms with Crippen LogP contribution in [-0.2, 0) is 9.53 Å². The van der Waals surface area contributed by atoms with Crippen molar-refractivity contribution in [2.75, 3.05) is 26.2 Å². The van der Waals surface area contributed by atoms with Gasteiger partial charge in [0.05, 0.1) is 5.92 Å². The number of esters is 1. The Balaban J connectivity index is 1.88. The molecule has 22 heavy (non-hydrogen) atoms. The SMILES string of the molecule is CCC(C)C(C(=O)OCCN1CCCCC1)c1ccccc1. The maximum atomic E-state index is 12.5. The second-order valence-corrected chi connectivity index (χ2v) is 6.34. The summed E-state index contributed by atoms with van der Waals surface area (Å²) in [6.07, 6.45) is 4.85. The van der Waals surface area contributed by atoms with Gasteiger partial charge in [0.25, 0.3) is 0 Å². The lowest BCUT2D eigenvalue weighted by atomic mass is 9.86. The summed E-state index contributed by atoms with van der Waals surface area (Å²) in [6, 6.07) is 10.0. The van der Waals surface area contributed by atoms with Gasteiger partial charge in [-0.05, 0) is 37.4 Å². The van der Waals surface area contributed by atoms with Crippen LogP contribution in [0.1, 0.15) is 51.0 Å². The summed E-state index contributed by atoms with van der Waals surface area (Å²) in [6.45, 7) is 7.92. The van der Waals surface area contributed by atoms with E-state index in [1.165, 1.54) is 19.3 Å². The third-order valence-corrected chi connectivity index (χ3v) is 4.73. The number of nitrogens with zero attached hydrogens (tertiary/aromatic N) is 1. The van der Waals surface area contributed by atoms with Gasteiger partial charge in [-0.15, -0.1) is 0 Å². The summed E-state index contributed by atoms with van der Waals surface area (Å²) in [5, 5.41) is 0. The molecule has 2 rings (SSSR count). The molecule has 3 heteroatoms. The Kier molecular flexibility index (Phi) is 6.91. The minimum absolute atomic E-state index is 0.0717. The highest BCUT2D eigenvalue weighted by Gasteiger charge is 2.27. The number of carbonyl (C=O) groups excluding carboxylic acids is 1. The molecule has 1 aromatic carbocycles. The number of carbonyl (C=O) groups is 1. The molecule has 0 bridgehead atoms. The van der Waals surface area contributed by atoms with E-state index >= 15 is 0 Å². The average molecular weight is 303 g/mol. The highest BCUT2D eigenvalue weighted by Crippen LogP contribution is 2.28. The topological polar surface area (TPSA) is 29.5 Å². The van der Waals surface area contributed by atoms with Gasteiger partial charge in [-0.25, -0.2) is 0 Å². The Morgan fingerprint density at radius 2 is 1.86 bits per heavy atom. The highest BCUT2D eigenvalue weighted by molar-refractivity contribution is 5.78. The zero-order valence-corrected chi connectivity index (χ0v) is 14.0. The number of likely N-dealkylation sites (tertiary alicyclic amines) is 1. The Morgan fingerprint density at radius 3 is 2.50 bits per heavy atom. The van der Waals surface area contributed by atoms with Crippen molar-refractivity contribution < 1.29 is 9.53 Å². The van der Waals surface area contributed by atoms with E-state index in [0.29, 0.717) is 12.5 Å². The summed E-state index contributed by atoms with van der Waals surface area (Å²) in [7, 11) is 0. The number of benzene rings is 1. The molecular weight excluding hydrogens is 274 g/mol. The normalized spacial score (nSPS) is 18.6. The number of ether oxygens (including phenoxy) is 1. The van der Waals surface area contributed by atoms with Gasteiger partial charge in [0.2, 0.25) is 0 Å². The number of rotatable bonds is 7. The summed E-state index contributed by atoms with van der Waals surface area (Å²) in [5.74, 6) is 0.0787. The van der Waals surface area contributed by atoms with Crippen LogP contribution in [0, 0.1) is 5.92 Å². The molecule has 1 heterocycles. The van der Waals surface area contributed by atoms with Crippen LogP contribution in [0.2, 0.25) is 0 Å². The molecule has 2 atom stereocenters. The van der Waals surface area contributed by atoms with E-state index in [1.807, 2.05) is 30.3 Å². The van der Waals surface area contributed by atoms with E-state index < -0.39 is 0 Å². The van der Waals surface area contributed by atoms with Crippen molar-refractivity contribution in [1.82, 2.24) is 4.90 Å². The molecule has 0 saturated carbocycles. The summed E-state index contributed by atoms with van der Waals surface area (Å²) in [5.41, 5.74) is 1.07. The first kappa shape index (κ1) is 17.0. The van der Waals surface area contributed by atoms with Gasteiger partial charge < -0.3 is 4.74 Å². The minimum atomic E-state index is -0.146. The van der Waals surface area contributed by atoms with Gasteiger partial charge in [-0.1, -0.05) is 57.0 Å². The molecule has 1 saturated heterocycles. The van der Waals surface area contributed by atoms with E-state index in [4.69, 9.17) is 4.74 Å². The zero-order chi connectivity index (χ0) is 15.8. The van der Waals surface area contributed by atoms with Crippen molar-refractivity contribution in [3.8, 4) is 0 Å². The first-order valence-corrected chi connectivity index (χ1v) is 8.66. The lowest BCUT2D eigenvalue weighted by Gasteiger charge is -2.27. The molecule has 0 N–H and O–H groups in total. The van der Waals surface area contributed by atoms with Gasteiger partial charge in [0.15, 0.2) is 0 Å². The van der Waals surface area contributed by atoms with E-state index in [2.05, 4.69) is 18.7 Å². The lowest BCUT2D eigenvalue weighted by molar-refractivity contribution is -0.147. The molecule has 1 aliphatic heterocycles. The van der Waals surface area contributed by atoms with Crippen LogP contribution in [0.15, 0.2) is 30.3 Å². The van der Waals surface area contributed by atoms with Crippen LogP contribution in [-0.4, -0.2) is 37.1 Å². The third-order valence-electron chi connectivity index (χ3n) is 4.73. The van der Waals surface area contributed by atoms with Gasteiger partial charge in [0.1, 0.15) is 6.61 Å². The molecule has 0 amide bonds. The fraction of sp³-hybridized carbons (Fsp3) is 0.632. The fourth-order valence-corrected chi connectivity index (χ4v) is 3.14. The van der Waals surface area contributed by atoms with Gasteiger partial charge in [-0.2, -0.15) is 0 Å². The van der Waals surface area contributed by atoms with E-state index in [1.54, 1.807) is 0 Å². The molecule has 2 unspecified atom stereocenters. The summed E-state index contributed by atoms with van der Waals surface area (Å²) in [4.78, 5) is 14.9. The van der Waals surface area contributed by atoms with E-state index in [0.717, 1.165) is 31.6 Å². The molecule has 0 radical (unpaired) electrons. The number of hydrogen-bond donors (Lipinski definition) is 0. The van der Waals surface area contributed by atoms with Crippen LogP contribution >= 0.6 is 0 Å². The van der Waals surface area contributed by atoms with Crippen molar-refractivity contribution in [3.05, 3.63) is 35.9 Å². The number of hydrogen-bond acceptors (Lipinski definition) is 3. The molecule has 1 aliphatic rings. The van der Waals surface area contributed by atoms with Crippen molar-refractivity contribution in [3.63, 3.8) is 0 Å². The predicted octanol–water partition coefficient (Wildman–Crippen LogP) is 3.85. The fourth-order valence-electron chi connectivity index (χ4n) is 3.14. The van der Waals surface area contributed by atoms with Gasteiger partial charge in [-0.3, -0.25) is 9.69 Å². The number of piperidine rings is 1.